The summed E-state index contributed by atoms with van der Waals surface area (Å²) in [5, 5.41) is 12.3. The van der Waals surface area contributed by atoms with Crippen molar-refractivity contribution in [1.29, 1.82) is 0 Å². The molecule has 1 aliphatic carbocycles. The third-order valence-corrected chi connectivity index (χ3v) is 6.71. The van der Waals surface area contributed by atoms with Crippen LogP contribution in [-0.2, 0) is 19.6 Å². The molecule has 9 heteroatoms. The molecule has 1 fully saturated rings. The van der Waals surface area contributed by atoms with E-state index < -0.39 is 27.2 Å². The van der Waals surface area contributed by atoms with Gasteiger partial charge in [0.2, 0.25) is 5.91 Å². The summed E-state index contributed by atoms with van der Waals surface area (Å²) in [5.74, 6) is -1.87. The van der Waals surface area contributed by atoms with E-state index in [1.54, 1.807) is 0 Å². The first-order valence-electron chi connectivity index (χ1n) is 9.62. The summed E-state index contributed by atoms with van der Waals surface area (Å²) >= 11 is 0. The lowest BCUT2D eigenvalue weighted by atomic mass is 9.71. The van der Waals surface area contributed by atoms with Crippen LogP contribution >= 0.6 is 0 Å². The van der Waals surface area contributed by atoms with Crippen LogP contribution in [0.1, 0.15) is 38.5 Å². The fraction of sp³-hybridized carbons (Fsp3) is 0.333. The van der Waals surface area contributed by atoms with E-state index in [4.69, 9.17) is 0 Å². The summed E-state index contributed by atoms with van der Waals surface area (Å²) in [6, 6.07) is 10.4. The van der Waals surface area contributed by atoms with Gasteiger partial charge in [-0.25, -0.2) is 12.8 Å². The van der Waals surface area contributed by atoms with Crippen molar-refractivity contribution in [3.63, 3.8) is 0 Å². The number of carboxylic acids is 1. The number of rotatable bonds is 7. The Labute approximate surface area is 174 Å². The lowest BCUT2D eigenvalue weighted by molar-refractivity contribution is -0.153. The Morgan fingerprint density at radius 2 is 1.50 bits per heavy atom. The Morgan fingerprint density at radius 3 is 2.07 bits per heavy atom. The van der Waals surface area contributed by atoms with E-state index in [-0.39, 0.29) is 22.9 Å². The molecular formula is C21H23FN2O5S. The Morgan fingerprint density at radius 1 is 0.933 bits per heavy atom. The monoisotopic (exact) mass is 434 g/mol. The fourth-order valence-electron chi connectivity index (χ4n) is 3.66. The number of carbonyl (C=O) groups excluding carboxylic acids is 1. The van der Waals surface area contributed by atoms with Crippen LogP contribution in [0.2, 0.25) is 0 Å². The predicted molar refractivity (Wildman–Crippen MR) is 110 cm³/mol. The van der Waals surface area contributed by atoms with Gasteiger partial charge in [0.05, 0.1) is 10.3 Å². The normalized spacial score (nSPS) is 15.9. The number of amides is 1. The van der Waals surface area contributed by atoms with Gasteiger partial charge < -0.3 is 10.4 Å². The number of anilines is 2. The highest BCUT2D eigenvalue weighted by atomic mass is 32.2. The number of carboxylic acid groups (broad SMARTS) is 1. The van der Waals surface area contributed by atoms with Crippen LogP contribution in [0.3, 0.4) is 0 Å². The summed E-state index contributed by atoms with van der Waals surface area (Å²) in [4.78, 5) is 24.0. The van der Waals surface area contributed by atoms with E-state index in [1.807, 2.05) is 0 Å². The number of aliphatic carboxylic acids is 1. The van der Waals surface area contributed by atoms with Crippen molar-refractivity contribution in [1.82, 2.24) is 0 Å². The molecule has 1 aliphatic rings. The summed E-state index contributed by atoms with van der Waals surface area (Å²) in [7, 11) is -3.87. The van der Waals surface area contributed by atoms with Crippen molar-refractivity contribution in [3.8, 4) is 0 Å². The smallest absolute Gasteiger partial charge is 0.310 e. The third kappa shape index (κ3) is 5.15. The minimum atomic E-state index is -3.87. The number of hydrogen-bond donors (Lipinski definition) is 3. The Balaban J connectivity index is 1.63. The second-order valence-electron chi connectivity index (χ2n) is 7.51. The maximum absolute atomic E-state index is 13.0. The van der Waals surface area contributed by atoms with Crippen LogP contribution in [0.5, 0.6) is 0 Å². The van der Waals surface area contributed by atoms with Crippen molar-refractivity contribution in [2.45, 2.75) is 43.4 Å². The maximum Gasteiger partial charge on any atom is 0.310 e. The zero-order chi connectivity index (χ0) is 21.8. The van der Waals surface area contributed by atoms with Gasteiger partial charge in [0, 0.05) is 17.8 Å². The molecule has 160 valence electrons. The lowest BCUT2D eigenvalue weighted by Gasteiger charge is -2.32. The number of carbonyl (C=O) groups is 2. The zero-order valence-electron chi connectivity index (χ0n) is 16.2. The molecule has 0 spiro atoms. The molecule has 1 saturated carbocycles. The van der Waals surface area contributed by atoms with Gasteiger partial charge in [0.1, 0.15) is 5.82 Å². The zero-order valence-corrected chi connectivity index (χ0v) is 17.0. The molecule has 0 bridgehead atoms. The maximum atomic E-state index is 13.0. The standard InChI is InChI=1S/C21H23FN2O5S/c22-15-4-10-18(11-5-15)30(28,29)24-17-8-6-16(7-9-17)23-19(25)14-21(20(26)27)12-2-1-3-13-21/h4-11,24H,1-3,12-14H2,(H,23,25)(H,26,27). The first kappa shape index (κ1) is 21.8. The molecule has 2 aromatic carbocycles. The molecule has 0 aromatic heterocycles. The van der Waals surface area contributed by atoms with Gasteiger partial charge in [0.15, 0.2) is 0 Å². The van der Waals surface area contributed by atoms with Crippen molar-refractivity contribution in [2.75, 3.05) is 10.0 Å². The number of nitrogens with one attached hydrogen (secondary N) is 2. The summed E-state index contributed by atoms with van der Waals surface area (Å²) in [6.45, 7) is 0. The molecule has 0 unspecified atom stereocenters. The van der Waals surface area contributed by atoms with Crippen molar-refractivity contribution >= 4 is 33.3 Å². The minimum absolute atomic E-state index is 0.0762. The molecule has 0 aliphatic heterocycles. The van der Waals surface area contributed by atoms with E-state index in [2.05, 4.69) is 10.0 Å². The number of benzene rings is 2. The molecular weight excluding hydrogens is 411 g/mol. The Hall–Kier alpha value is -2.94. The second kappa shape index (κ2) is 8.83. The number of halogens is 1. The predicted octanol–water partition coefficient (Wildman–Crippen LogP) is 3.99. The van der Waals surface area contributed by atoms with Crippen LogP contribution in [0, 0.1) is 11.2 Å². The fourth-order valence-corrected chi connectivity index (χ4v) is 4.72. The van der Waals surface area contributed by atoms with Crippen LogP contribution in [0.4, 0.5) is 15.8 Å². The summed E-state index contributed by atoms with van der Waals surface area (Å²) in [6.07, 6.45) is 3.44. The average Bonchev–Trinajstić information content (AvgIpc) is 2.70. The molecule has 30 heavy (non-hydrogen) atoms. The van der Waals surface area contributed by atoms with Gasteiger partial charge in [-0.05, 0) is 61.4 Å². The van der Waals surface area contributed by atoms with Gasteiger partial charge in [-0.3, -0.25) is 14.3 Å². The van der Waals surface area contributed by atoms with E-state index in [0.717, 1.165) is 43.5 Å². The van der Waals surface area contributed by atoms with Crippen LogP contribution < -0.4 is 10.0 Å². The van der Waals surface area contributed by atoms with Crippen LogP contribution in [0.25, 0.3) is 0 Å². The minimum Gasteiger partial charge on any atom is -0.481 e. The lowest BCUT2D eigenvalue weighted by Crippen LogP contribution is -2.37. The average molecular weight is 434 g/mol. The van der Waals surface area contributed by atoms with Gasteiger partial charge in [-0.1, -0.05) is 19.3 Å². The van der Waals surface area contributed by atoms with Gasteiger partial charge in [0.25, 0.3) is 10.0 Å². The molecule has 3 N–H and O–H groups in total. The first-order valence-corrected chi connectivity index (χ1v) is 11.1. The largest absolute Gasteiger partial charge is 0.481 e. The topological polar surface area (TPSA) is 113 Å². The summed E-state index contributed by atoms with van der Waals surface area (Å²) < 4.78 is 40.0. The highest BCUT2D eigenvalue weighted by Gasteiger charge is 2.41. The highest BCUT2D eigenvalue weighted by Crippen LogP contribution is 2.39. The quantitative estimate of drug-likeness (QED) is 0.610. The second-order valence-corrected chi connectivity index (χ2v) is 9.19. The molecule has 1 amide bonds. The van der Waals surface area contributed by atoms with Crippen molar-refractivity contribution < 1.29 is 27.5 Å². The van der Waals surface area contributed by atoms with Gasteiger partial charge in [-0.2, -0.15) is 0 Å². The Kier molecular flexibility index (Phi) is 6.40. The van der Waals surface area contributed by atoms with Crippen LogP contribution in [0.15, 0.2) is 53.4 Å². The number of sulfonamides is 1. The molecule has 0 atom stereocenters. The molecule has 0 heterocycles. The first-order chi connectivity index (χ1) is 14.2. The molecule has 0 radical (unpaired) electrons. The SMILES string of the molecule is O=C(CC1(C(=O)O)CCCCC1)Nc1ccc(NS(=O)(=O)c2ccc(F)cc2)cc1. The third-order valence-electron chi connectivity index (χ3n) is 5.31. The van der Waals surface area contributed by atoms with E-state index >= 15 is 0 Å². The Bertz CT molecular complexity index is 1010. The molecule has 7 nitrogen and oxygen atoms in total. The van der Waals surface area contributed by atoms with E-state index in [9.17, 15) is 27.5 Å². The van der Waals surface area contributed by atoms with Crippen LogP contribution in [-0.4, -0.2) is 25.4 Å². The molecule has 2 aromatic rings. The van der Waals surface area contributed by atoms with E-state index in [1.165, 1.54) is 24.3 Å². The highest BCUT2D eigenvalue weighted by molar-refractivity contribution is 7.92. The summed E-state index contributed by atoms with van der Waals surface area (Å²) in [5.41, 5.74) is -0.319. The molecule has 0 saturated heterocycles. The van der Waals surface area contributed by atoms with Crippen molar-refractivity contribution in [2.24, 2.45) is 5.41 Å². The van der Waals surface area contributed by atoms with Crippen molar-refractivity contribution in [3.05, 3.63) is 54.3 Å². The van der Waals surface area contributed by atoms with Gasteiger partial charge >= 0.3 is 5.97 Å². The van der Waals surface area contributed by atoms with E-state index in [0.29, 0.717) is 18.5 Å². The number of hydrogen-bond acceptors (Lipinski definition) is 4. The molecule has 3 rings (SSSR count). The van der Waals surface area contributed by atoms with Gasteiger partial charge in [-0.15, -0.1) is 0 Å².